The van der Waals surface area contributed by atoms with Crippen molar-refractivity contribution in [2.24, 2.45) is 11.8 Å². The van der Waals surface area contributed by atoms with Gasteiger partial charge < -0.3 is 9.47 Å². The van der Waals surface area contributed by atoms with Crippen LogP contribution in [0.4, 0.5) is 0 Å². The molecule has 164 valence electrons. The van der Waals surface area contributed by atoms with Gasteiger partial charge in [0.15, 0.2) is 0 Å². The Bertz CT molecular complexity index is 769. The van der Waals surface area contributed by atoms with Crippen LogP contribution in [0.2, 0.25) is 5.02 Å². The molecule has 1 unspecified atom stereocenters. The lowest BCUT2D eigenvalue weighted by atomic mass is 9.82. The van der Waals surface area contributed by atoms with E-state index in [1.807, 2.05) is 45.0 Å². The normalized spacial score (nSPS) is 23.8. The molecule has 29 heavy (non-hydrogen) atoms. The molecule has 0 bridgehead atoms. The quantitative estimate of drug-likeness (QED) is 0.485. The molecule has 0 aliphatic carbocycles. The minimum absolute atomic E-state index is 0.0103. The molecule has 1 fully saturated rings. The second-order valence-electron chi connectivity index (χ2n) is 8.61. The van der Waals surface area contributed by atoms with Gasteiger partial charge in [-0.1, -0.05) is 23.7 Å². The van der Waals surface area contributed by atoms with E-state index < -0.39 is 15.7 Å². The number of hydrogen-bond donors (Lipinski definition) is 0. The minimum Gasteiger partial charge on any atom is -0.460 e. The van der Waals surface area contributed by atoms with E-state index in [9.17, 15) is 13.2 Å². The second kappa shape index (κ2) is 10.2. The topological polar surface area (TPSA) is 78.9 Å². The molecule has 0 amide bonds. The Hall–Kier alpha value is -1.15. The Labute approximate surface area is 179 Å². The maximum Gasteiger partial charge on any atom is 0.309 e. The van der Waals surface area contributed by atoms with E-state index in [0.717, 1.165) is 18.2 Å². The van der Waals surface area contributed by atoms with Crippen molar-refractivity contribution < 1.29 is 26.9 Å². The van der Waals surface area contributed by atoms with Crippen molar-refractivity contribution in [3.8, 4) is 0 Å². The van der Waals surface area contributed by atoms with Gasteiger partial charge in [-0.25, -0.2) is 0 Å². The molecular formula is C21H31ClO6S. The van der Waals surface area contributed by atoms with E-state index in [1.165, 1.54) is 0 Å². The Morgan fingerprint density at radius 2 is 1.86 bits per heavy atom. The lowest BCUT2D eigenvalue weighted by Gasteiger charge is -2.32. The van der Waals surface area contributed by atoms with Crippen LogP contribution < -0.4 is 0 Å². The summed E-state index contributed by atoms with van der Waals surface area (Å²) in [6, 6.07) is 7.53. The Morgan fingerprint density at radius 1 is 1.21 bits per heavy atom. The third kappa shape index (κ3) is 9.03. The lowest BCUT2D eigenvalue weighted by molar-refractivity contribution is -0.164. The number of ether oxygens (including phenoxy) is 2. The SMILES string of the molecule is CC(C)(C)OC(=O)C1CCC[C@H](COS(C)(=O)=O)OC[C@@H]1Cc1ccc(Cl)cc1. The predicted molar refractivity (Wildman–Crippen MR) is 112 cm³/mol. The highest BCUT2D eigenvalue weighted by molar-refractivity contribution is 7.85. The van der Waals surface area contributed by atoms with Gasteiger partial charge in [0.1, 0.15) is 5.60 Å². The van der Waals surface area contributed by atoms with E-state index in [4.69, 9.17) is 25.3 Å². The lowest BCUT2D eigenvalue weighted by Crippen LogP contribution is -2.38. The predicted octanol–water partition coefficient (Wildman–Crippen LogP) is 4.00. The van der Waals surface area contributed by atoms with Crippen molar-refractivity contribution in [1.29, 1.82) is 0 Å². The molecule has 0 N–H and O–H groups in total. The van der Waals surface area contributed by atoms with Gasteiger partial charge in [-0.05, 0) is 70.1 Å². The van der Waals surface area contributed by atoms with Gasteiger partial charge in [0, 0.05) is 5.02 Å². The van der Waals surface area contributed by atoms with Gasteiger partial charge in [0.25, 0.3) is 10.1 Å². The fraction of sp³-hybridized carbons (Fsp3) is 0.667. The molecule has 6 nitrogen and oxygen atoms in total. The van der Waals surface area contributed by atoms with E-state index in [0.29, 0.717) is 30.9 Å². The maximum atomic E-state index is 12.9. The summed E-state index contributed by atoms with van der Waals surface area (Å²) in [6.45, 7) is 5.89. The average Bonchev–Trinajstić information content (AvgIpc) is 2.56. The molecule has 0 spiro atoms. The monoisotopic (exact) mass is 446 g/mol. The summed E-state index contributed by atoms with van der Waals surface area (Å²) >= 11 is 5.98. The summed E-state index contributed by atoms with van der Waals surface area (Å²) < 4.78 is 39.1. The van der Waals surface area contributed by atoms with E-state index in [-0.39, 0.29) is 30.5 Å². The van der Waals surface area contributed by atoms with Crippen molar-refractivity contribution in [2.75, 3.05) is 19.5 Å². The van der Waals surface area contributed by atoms with Crippen LogP contribution >= 0.6 is 11.6 Å². The Balaban J connectivity index is 2.13. The molecule has 1 saturated heterocycles. The second-order valence-corrected chi connectivity index (χ2v) is 10.7. The zero-order chi connectivity index (χ0) is 21.7. The molecule has 1 aliphatic rings. The van der Waals surface area contributed by atoms with Gasteiger partial charge >= 0.3 is 5.97 Å². The van der Waals surface area contributed by atoms with Gasteiger partial charge in [0.05, 0.1) is 31.5 Å². The van der Waals surface area contributed by atoms with E-state index in [2.05, 4.69) is 0 Å². The summed E-state index contributed by atoms with van der Waals surface area (Å²) in [6.07, 6.45) is 3.35. The number of rotatable bonds is 6. The van der Waals surface area contributed by atoms with Crippen molar-refractivity contribution in [3.63, 3.8) is 0 Å². The van der Waals surface area contributed by atoms with E-state index in [1.54, 1.807) is 0 Å². The maximum absolute atomic E-state index is 12.9. The highest BCUT2D eigenvalue weighted by Crippen LogP contribution is 2.30. The fourth-order valence-corrected chi connectivity index (χ4v) is 3.93. The first-order valence-corrected chi connectivity index (χ1v) is 12.1. The first-order valence-electron chi connectivity index (χ1n) is 9.86. The van der Waals surface area contributed by atoms with Crippen molar-refractivity contribution in [1.82, 2.24) is 0 Å². The molecule has 0 saturated carbocycles. The number of hydrogen-bond acceptors (Lipinski definition) is 6. The molecule has 0 aromatic heterocycles. The van der Waals surface area contributed by atoms with Crippen LogP contribution in [-0.4, -0.2) is 45.6 Å². The largest absolute Gasteiger partial charge is 0.460 e. The van der Waals surface area contributed by atoms with Gasteiger partial charge in [0.2, 0.25) is 0 Å². The third-order valence-electron chi connectivity index (χ3n) is 4.74. The molecule has 3 atom stereocenters. The number of benzene rings is 1. The molecular weight excluding hydrogens is 416 g/mol. The van der Waals surface area contributed by atoms with Crippen LogP contribution in [0.5, 0.6) is 0 Å². The standard InChI is InChI=1S/C21H31ClO6S/c1-21(2,3)28-20(23)19-7-5-6-18(14-27-29(4,24)25)26-13-16(19)12-15-8-10-17(22)11-9-15/h8-11,16,18-19H,5-7,12-14H2,1-4H3/t16-,18+,19?/m0/s1. The molecule has 8 heteroatoms. The zero-order valence-electron chi connectivity index (χ0n) is 17.5. The number of carbonyl (C=O) groups excluding carboxylic acids is 1. The van der Waals surface area contributed by atoms with Crippen LogP contribution in [0.3, 0.4) is 0 Å². The molecule has 1 aromatic rings. The number of halogens is 1. The molecule has 0 radical (unpaired) electrons. The summed E-state index contributed by atoms with van der Waals surface area (Å²) in [5.41, 5.74) is 0.498. The van der Waals surface area contributed by atoms with Crippen molar-refractivity contribution >= 4 is 27.7 Å². The van der Waals surface area contributed by atoms with Gasteiger partial charge in [-0.3, -0.25) is 8.98 Å². The summed E-state index contributed by atoms with van der Waals surface area (Å²) in [5, 5.41) is 0.657. The van der Waals surface area contributed by atoms with Crippen LogP contribution in [-0.2, 0) is 35.0 Å². The van der Waals surface area contributed by atoms with Crippen molar-refractivity contribution in [3.05, 3.63) is 34.9 Å². The van der Waals surface area contributed by atoms with Gasteiger partial charge in [-0.2, -0.15) is 8.42 Å². The minimum atomic E-state index is -3.52. The van der Waals surface area contributed by atoms with Crippen molar-refractivity contribution in [2.45, 2.75) is 58.2 Å². The average molecular weight is 447 g/mol. The summed E-state index contributed by atoms with van der Waals surface area (Å²) in [7, 11) is -3.52. The highest BCUT2D eigenvalue weighted by atomic mass is 35.5. The number of esters is 1. The first-order chi connectivity index (χ1) is 13.4. The molecule has 1 aromatic carbocycles. The fourth-order valence-electron chi connectivity index (χ4n) is 3.40. The van der Waals surface area contributed by atoms with Crippen LogP contribution in [0.25, 0.3) is 0 Å². The molecule has 1 heterocycles. The summed E-state index contributed by atoms with van der Waals surface area (Å²) in [4.78, 5) is 12.9. The first kappa shape index (κ1) is 24.1. The van der Waals surface area contributed by atoms with Crippen LogP contribution in [0.15, 0.2) is 24.3 Å². The Kier molecular flexibility index (Phi) is 8.52. The van der Waals surface area contributed by atoms with Crippen LogP contribution in [0, 0.1) is 11.8 Å². The van der Waals surface area contributed by atoms with Crippen LogP contribution in [0.1, 0.15) is 45.6 Å². The summed E-state index contributed by atoms with van der Waals surface area (Å²) in [5.74, 6) is -0.598. The molecule has 2 rings (SSSR count). The Morgan fingerprint density at radius 3 is 2.45 bits per heavy atom. The third-order valence-corrected chi connectivity index (χ3v) is 5.56. The zero-order valence-corrected chi connectivity index (χ0v) is 19.1. The molecule has 1 aliphatic heterocycles. The number of carbonyl (C=O) groups is 1. The highest BCUT2D eigenvalue weighted by Gasteiger charge is 2.34. The smallest absolute Gasteiger partial charge is 0.309 e. The van der Waals surface area contributed by atoms with Gasteiger partial charge in [-0.15, -0.1) is 0 Å². The van der Waals surface area contributed by atoms with E-state index >= 15 is 0 Å².